The van der Waals surface area contributed by atoms with E-state index in [1.165, 1.54) is 0 Å². The molecule has 0 spiro atoms. The molecule has 0 aromatic carbocycles. The maximum Gasteiger partial charge on any atom is 0.0519 e. The number of aliphatic hydroxyl groups excluding tert-OH is 1. The smallest absolute Gasteiger partial charge is 0.0519 e. The van der Waals surface area contributed by atoms with Gasteiger partial charge in [0.1, 0.15) is 0 Å². The molecule has 1 heteroatoms. The summed E-state index contributed by atoms with van der Waals surface area (Å²) < 4.78 is 0. The van der Waals surface area contributed by atoms with Gasteiger partial charge < -0.3 is 5.11 Å². The molecule has 0 saturated carbocycles. The van der Waals surface area contributed by atoms with E-state index in [9.17, 15) is 0 Å². The second kappa shape index (κ2) is 1.90. The monoisotopic (exact) mass is 112 g/mol. The van der Waals surface area contributed by atoms with Gasteiger partial charge in [0.25, 0.3) is 0 Å². The Morgan fingerprint density at radius 2 is 2.50 bits per heavy atom. The summed E-state index contributed by atoms with van der Waals surface area (Å²) in [5, 5.41) is 8.77. The maximum absolute atomic E-state index is 8.77. The lowest BCUT2D eigenvalue weighted by Crippen LogP contribution is -2.14. The summed E-state index contributed by atoms with van der Waals surface area (Å²) in [6.45, 7) is 2.38. The third-order valence-corrected chi connectivity index (χ3v) is 1.76. The zero-order valence-electron chi connectivity index (χ0n) is 5.22. The Hall–Kier alpha value is -0.300. The molecule has 0 saturated heterocycles. The van der Waals surface area contributed by atoms with E-state index < -0.39 is 0 Å². The lowest BCUT2D eigenvalue weighted by molar-refractivity contribution is 0.183. The molecule has 0 amide bonds. The highest BCUT2D eigenvalue weighted by Crippen LogP contribution is 2.29. The van der Waals surface area contributed by atoms with Crippen LogP contribution < -0.4 is 0 Å². The van der Waals surface area contributed by atoms with Crippen molar-refractivity contribution in [3.63, 3.8) is 0 Å². The molecule has 1 unspecified atom stereocenters. The standard InChI is InChI=1S/C7H12O/c1-7(6-8)4-2-3-5-7/h2,4,8H,3,5-6H2,1H3. The number of hydrogen-bond donors (Lipinski definition) is 1. The molecular weight excluding hydrogens is 100 g/mol. The fourth-order valence-corrected chi connectivity index (χ4v) is 0.996. The molecule has 1 N–H and O–H groups in total. The van der Waals surface area contributed by atoms with E-state index in [0.29, 0.717) is 6.61 Å². The van der Waals surface area contributed by atoms with Crippen molar-refractivity contribution in [1.82, 2.24) is 0 Å². The molecule has 1 aliphatic carbocycles. The third kappa shape index (κ3) is 0.920. The van der Waals surface area contributed by atoms with Crippen molar-refractivity contribution in [2.45, 2.75) is 19.8 Å². The minimum Gasteiger partial charge on any atom is -0.395 e. The predicted molar refractivity (Wildman–Crippen MR) is 33.6 cm³/mol. The first kappa shape index (κ1) is 5.83. The summed E-state index contributed by atoms with van der Waals surface area (Å²) in [5.74, 6) is 0. The molecular formula is C7H12O. The van der Waals surface area contributed by atoms with E-state index in [1.54, 1.807) is 0 Å². The minimum atomic E-state index is 0.111. The van der Waals surface area contributed by atoms with Gasteiger partial charge in [0.2, 0.25) is 0 Å². The van der Waals surface area contributed by atoms with Gasteiger partial charge in [-0.1, -0.05) is 19.1 Å². The topological polar surface area (TPSA) is 20.2 Å². The van der Waals surface area contributed by atoms with Crippen LogP contribution in [0.5, 0.6) is 0 Å². The summed E-state index contributed by atoms with van der Waals surface area (Å²) >= 11 is 0. The minimum absolute atomic E-state index is 0.111. The van der Waals surface area contributed by atoms with E-state index in [-0.39, 0.29) is 5.41 Å². The SMILES string of the molecule is CC1(CO)C=CCC1. The van der Waals surface area contributed by atoms with Gasteiger partial charge in [-0.3, -0.25) is 0 Å². The second-order valence-electron chi connectivity index (χ2n) is 2.75. The molecule has 0 aromatic rings. The van der Waals surface area contributed by atoms with Crippen molar-refractivity contribution in [3.05, 3.63) is 12.2 Å². The van der Waals surface area contributed by atoms with Crippen LogP contribution in [-0.4, -0.2) is 11.7 Å². The number of allylic oxidation sites excluding steroid dienone is 1. The van der Waals surface area contributed by atoms with Crippen LogP contribution >= 0.6 is 0 Å². The zero-order chi connectivity index (χ0) is 6.04. The Morgan fingerprint density at radius 3 is 2.75 bits per heavy atom. The van der Waals surface area contributed by atoms with Crippen molar-refractivity contribution < 1.29 is 5.11 Å². The van der Waals surface area contributed by atoms with E-state index in [1.807, 2.05) is 0 Å². The van der Waals surface area contributed by atoms with Crippen molar-refractivity contribution in [2.24, 2.45) is 5.41 Å². The zero-order valence-corrected chi connectivity index (χ0v) is 5.22. The van der Waals surface area contributed by atoms with E-state index in [2.05, 4.69) is 19.1 Å². The van der Waals surface area contributed by atoms with Crippen LogP contribution in [0.2, 0.25) is 0 Å². The van der Waals surface area contributed by atoms with Crippen LogP contribution in [0.25, 0.3) is 0 Å². The molecule has 46 valence electrons. The van der Waals surface area contributed by atoms with Crippen LogP contribution in [0.1, 0.15) is 19.8 Å². The van der Waals surface area contributed by atoms with Gasteiger partial charge >= 0.3 is 0 Å². The molecule has 0 radical (unpaired) electrons. The molecule has 1 rings (SSSR count). The van der Waals surface area contributed by atoms with Gasteiger partial charge in [-0.05, 0) is 12.8 Å². The molecule has 8 heavy (non-hydrogen) atoms. The van der Waals surface area contributed by atoms with Crippen molar-refractivity contribution >= 4 is 0 Å². The highest BCUT2D eigenvalue weighted by molar-refractivity contribution is 5.04. The van der Waals surface area contributed by atoms with Gasteiger partial charge in [0.15, 0.2) is 0 Å². The van der Waals surface area contributed by atoms with Crippen molar-refractivity contribution in [1.29, 1.82) is 0 Å². The molecule has 0 bridgehead atoms. The Labute approximate surface area is 50.0 Å². The normalized spacial score (nSPS) is 36.2. The number of aliphatic hydroxyl groups is 1. The fourth-order valence-electron chi connectivity index (χ4n) is 0.996. The van der Waals surface area contributed by atoms with E-state index in [0.717, 1.165) is 12.8 Å². The Bertz CT molecular complexity index is 107. The molecule has 1 atom stereocenters. The number of rotatable bonds is 1. The molecule has 0 aromatic heterocycles. The quantitative estimate of drug-likeness (QED) is 0.507. The first-order valence-electron chi connectivity index (χ1n) is 3.05. The lowest BCUT2D eigenvalue weighted by Gasteiger charge is -2.16. The predicted octanol–water partition coefficient (Wildman–Crippen LogP) is 1.33. The van der Waals surface area contributed by atoms with Crippen molar-refractivity contribution in [2.75, 3.05) is 6.61 Å². The average Bonchev–Trinajstić information content (AvgIpc) is 2.17. The maximum atomic E-state index is 8.77. The third-order valence-electron chi connectivity index (χ3n) is 1.76. The Balaban J connectivity index is 2.54. The number of hydrogen-bond acceptors (Lipinski definition) is 1. The first-order chi connectivity index (χ1) is 3.77. The highest BCUT2D eigenvalue weighted by Gasteiger charge is 2.21. The Morgan fingerprint density at radius 1 is 1.75 bits per heavy atom. The average molecular weight is 112 g/mol. The second-order valence-corrected chi connectivity index (χ2v) is 2.75. The molecule has 0 heterocycles. The van der Waals surface area contributed by atoms with Gasteiger partial charge in [0.05, 0.1) is 6.61 Å². The van der Waals surface area contributed by atoms with Gasteiger partial charge in [-0.15, -0.1) is 0 Å². The van der Waals surface area contributed by atoms with Crippen LogP contribution in [-0.2, 0) is 0 Å². The molecule has 0 fully saturated rings. The van der Waals surface area contributed by atoms with E-state index >= 15 is 0 Å². The van der Waals surface area contributed by atoms with Crippen LogP contribution in [0.15, 0.2) is 12.2 Å². The van der Waals surface area contributed by atoms with Crippen LogP contribution in [0, 0.1) is 5.41 Å². The molecule has 1 nitrogen and oxygen atoms in total. The summed E-state index contributed by atoms with van der Waals surface area (Å²) in [7, 11) is 0. The first-order valence-corrected chi connectivity index (χ1v) is 3.05. The fraction of sp³-hybridized carbons (Fsp3) is 0.714. The summed E-state index contributed by atoms with van der Waals surface area (Å²) in [6, 6.07) is 0. The van der Waals surface area contributed by atoms with Gasteiger partial charge in [0, 0.05) is 5.41 Å². The highest BCUT2D eigenvalue weighted by atomic mass is 16.3. The van der Waals surface area contributed by atoms with E-state index in [4.69, 9.17) is 5.11 Å². The largest absolute Gasteiger partial charge is 0.395 e. The lowest BCUT2D eigenvalue weighted by atomic mass is 9.92. The van der Waals surface area contributed by atoms with Crippen molar-refractivity contribution in [3.8, 4) is 0 Å². The van der Waals surface area contributed by atoms with Crippen LogP contribution in [0.3, 0.4) is 0 Å². The van der Waals surface area contributed by atoms with Gasteiger partial charge in [-0.2, -0.15) is 0 Å². The summed E-state index contributed by atoms with van der Waals surface area (Å²) in [5.41, 5.74) is 0.111. The molecule has 1 aliphatic rings. The molecule has 0 aliphatic heterocycles. The van der Waals surface area contributed by atoms with Crippen LogP contribution in [0.4, 0.5) is 0 Å². The Kier molecular flexibility index (Phi) is 1.39. The van der Waals surface area contributed by atoms with Gasteiger partial charge in [-0.25, -0.2) is 0 Å². The summed E-state index contributed by atoms with van der Waals surface area (Å²) in [4.78, 5) is 0. The summed E-state index contributed by atoms with van der Waals surface area (Å²) in [6.07, 6.45) is 6.49.